The molecule has 1 unspecified atom stereocenters. The van der Waals surface area contributed by atoms with E-state index in [9.17, 15) is 4.79 Å². The van der Waals surface area contributed by atoms with E-state index >= 15 is 0 Å². The van der Waals surface area contributed by atoms with Gasteiger partial charge in [0.05, 0.1) is 11.4 Å². The number of hydrogen-bond acceptors (Lipinski definition) is 6. The van der Waals surface area contributed by atoms with Gasteiger partial charge in [-0.3, -0.25) is 4.79 Å². The zero-order valence-corrected chi connectivity index (χ0v) is 14.6. The highest BCUT2D eigenvalue weighted by atomic mass is 32.2. The highest BCUT2D eigenvalue weighted by Crippen LogP contribution is 2.25. The number of ether oxygens (including phenoxy) is 1. The molecule has 2 aromatic carbocycles. The van der Waals surface area contributed by atoms with Crippen molar-refractivity contribution in [3.8, 4) is 11.4 Å². The minimum atomic E-state index is -0.631. The predicted octanol–water partition coefficient (Wildman–Crippen LogP) is 2.79. The number of thioether (sulfide) groups is 1. The van der Waals surface area contributed by atoms with Crippen molar-refractivity contribution >= 4 is 23.4 Å². The summed E-state index contributed by atoms with van der Waals surface area (Å²) in [7, 11) is 0. The third-order valence-corrected chi connectivity index (χ3v) is 4.29. The molecule has 1 aromatic heterocycles. The van der Waals surface area contributed by atoms with Gasteiger partial charge in [0.25, 0.3) is 5.91 Å². The molecule has 1 N–H and O–H groups in total. The van der Waals surface area contributed by atoms with E-state index in [1.165, 1.54) is 6.33 Å². The minimum absolute atomic E-state index is 0.203. The van der Waals surface area contributed by atoms with E-state index in [2.05, 4.69) is 20.8 Å². The van der Waals surface area contributed by atoms with E-state index in [1.54, 1.807) is 35.5 Å². The van der Waals surface area contributed by atoms with Crippen molar-refractivity contribution in [1.29, 1.82) is 0 Å². The van der Waals surface area contributed by atoms with Crippen LogP contribution in [0.15, 0.2) is 59.8 Å². The third kappa shape index (κ3) is 4.16. The van der Waals surface area contributed by atoms with Crippen molar-refractivity contribution in [3.63, 3.8) is 0 Å². The molecule has 0 aliphatic rings. The number of anilines is 1. The van der Waals surface area contributed by atoms with Gasteiger partial charge in [0.15, 0.2) is 6.10 Å². The summed E-state index contributed by atoms with van der Waals surface area (Å²) in [6.45, 7) is 1.71. The first-order valence-electron chi connectivity index (χ1n) is 7.61. The molecule has 0 saturated carbocycles. The van der Waals surface area contributed by atoms with Gasteiger partial charge >= 0.3 is 0 Å². The quantitative estimate of drug-likeness (QED) is 0.685. The zero-order valence-electron chi connectivity index (χ0n) is 13.8. The molecule has 0 bridgehead atoms. The molecule has 1 amide bonds. The van der Waals surface area contributed by atoms with E-state index in [-0.39, 0.29) is 5.91 Å². The van der Waals surface area contributed by atoms with Crippen LogP contribution in [0, 0.1) is 0 Å². The van der Waals surface area contributed by atoms with Gasteiger partial charge in [-0.25, -0.2) is 4.68 Å². The first kappa shape index (κ1) is 17.0. The number of carbonyl (C=O) groups is 1. The standard InChI is InChI=1S/C17H17N5O2S/c1-12(17(23)19-15-5-3-4-6-16(15)25-2)24-14-9-7-13(8-10-14)22-11-18-20-21-22/h3-12H,1-2H3,(H,19,23). The molecular weight excluding hydrogens is 338 g/mol. The fourth-order valence-electron chi connectivity index (χ4n) is 2.20. The third-order valence-electron chi connectivity index (χ3n) is 3.50. The van der Waals surface area contributed by atoms with Gasteiger partial charge in [-0.1, -0.05) is 12.1 Å². The number of tetrazole rings is 1. The van der Waals surface area contributed by atoms with Crippen molar-refractivity contribution < 1.29 is 9.53 Å². The van der Waals surface area contributed by atoms with Crippen molar-refractivity contribution in [2.45, 2.75) is 17.9 Å². The lowest BCUT2D eigenvalue weighted by molar-refractivity contribution is -0.122. The molecule has 1 heterocycles. The van der Waals surface area contributed by atoms with E-state index < -0.39 is 6.10 Å². The number of para-hydroxylation sites is 1. The summed E-state index contributed by atoms with van der Waals surface area (Å²) in [5.74, 6) is 0.392. The van der Waals surface area contributed by atoms with Gasteiger partial charge in [-0.15, -0.1) is 16.9 Å². The van der Waals surface area contributed by atoms with Crippen LogP contribution < -0.4 is 10.1 Å². The van der Waals surface area contributed by atoms with E-state index in [1.807, 2.05) is 42.7 Å². The van der Waals surface area contributed by atoms with Gasteiger partial charge in [-0.05, 0) is 60.0 Å². The number of amides is 1. The molecular formula is C17H17N5O2S. The highest BCUT2D eigenvalue weighted by molar-refractivity contribution is 7.98. The molecule has 1 atom stereocenters. The highest BCUT2D eigenvalue weighted by Gasteiger charge is 2.16. The topological polar surface area (TPSA) is 81.9 Å². The van der Waals surface area contributed by atoms with Crippen LogP contribution in [0.1, 0.15) is 6.92 Å². The first-order valence-corrected chi connectivity index (χ1v) is 8.84. The van der Waals surface area contributed by atoms with Crippen LogP contribution in [0.4, 0.5) is 5.69 Å². The van der Waals surface area contributed by atoms with Gasteiger partial charge in [-0.2, -0.15) is 0 Å². The molecule has 0 aliphatic heterocycles. The van der Waals surface area contributed by atoms with Crippen LogP contribution in [0.25, 0.3) is 5.69 Å². The van der Waals surface area contributed by atoms with Gasteiger partial charge in [0.1, 0.15) is 12.1 Å². The average Bonchev–Trinajstić information content (AvgIpc) is 3.17. The molecule has 7 nitrogen and oxygen atoms in total. The molecule has 0 aliphatic carbocycles. The van der Waals surface area contributed by atoms with Gasteiger partial charge in [0.2, 0.25) is 0 Å². The molecule has 0 spiro atoms. The largest absolute Gasteiger partial charge is 0.481 e. The Morgan fingerprint density at radius 1 is 1.20 bits per heavy atom. The maximum Gasteiger partial charge on any atom is 0.265 e. The van der Waals surface area contributed by atoms with E-state index in [4.69, 9.17) is 4.74 Å². The summed E-state index contributed by atoms with van der Waals surface area (Å²) in [5.41, 5.74) is 1.59. The second-order valence-corrected chi connectivity index (χ2v) is 6.05. The lowest BCUT2D eigenvalue weighted by Gasteiger charge is -2.16. The number of carbonyl (C=O) groups excluding carboxylic acids is 1. The van der Waals surface area contributed by atoms with Crippen LogP contribution in [-0.4, -0.2) is 38.5 Å². The van der Waals surface area contributed by atoms with Crippen molar-refractivity contribution in [1.82, 2.24) is 20.2 Å². The Morgan fingerprint density at radius 2 is 1.96 bits per heavy atom. The van der Waals surface area contributed by atoms with Gasteiger partial charge in [0, 0.05) is 4.90 Å². The number of aromatic nitrogens is 4. The number of nitrogens with one attached hydrogen (secondary N) is 1. The van der Waals surface area contributed by atoms with Crippen LogP contribution in [0.5, 0.6) is 5.75 Å². The fourth-order valence-corrected chi connectivity index (χ4v) is 2.75. The lowest BCUT2D eigenvalue weighted by Crippen LogP contribution is -2.30. The molecule has 3 aromatic rings. The summed E-state index contributed by atoms with van der Waals surface area (Å²) in [6.07, 6.45) is 2.85. The first-order chi connectivity index (χ1) is 12.2. The monoisotopic (exact) mass is 355 g/mol. The molecule has 128 valence electrons. The molecule has 0 radical (unpaired) electrons. The van der Waals surface area contributed by atoms with Crippen LogP contribution >= 0.6 is 11.8 Å². The Kier molecular flexibility index (Phi) is 5.30. The Labute approximate surface area is 149 Å². The normalized spacial score (nSPS) is 11.8. The molecule has 8 heteroatoms. The van der Waals surface area contributed by atoms with E-state index in [0.717, 1.165) is 16.3 Å². The van der Waals surface area contributed by atoms with E-state index in [0.29, 0.717) is 5.75 Å². The lowest BCUT2D eigenvalue weighted by atomic mass is 10.2. The second-order valence-electron chi connectivity index (χ2n) is 5.20. The Bertz CT molecular complexity index is 837. The smallest absolute Gasteiger partial charge is 0.265 e. The number of rotatable bonds is 6. The molecule has 25 heavy (non-hydrogen) atoms. The minimum Gasteiger partial charge on any atom is -0.481 e. The maximum absolute atomic E-state index is 12.4. The number of benzene rings is 2. The van der Waals surface area contributed by atoms with Crippen LogP contribution in [0.3, 0.4) is 0 Å². The summed E-state index contributed by atoms with van der Waals surface area (Å²) in [5, 5.41) is 13.9. The number of hydrogen-bond donors (Lipinski definition) is 1. The number of nitrogens with zero attached hydrogens (tertiary/aromatic N) is 4. The van der Waals surface area contributed by atoms with Crippen LogP contribution in [0.2, 0.25) is 0 Å². The Balaban J connectivity index is 1.63. The fraction of sp³-hybridized carbons (Fsp3) is 0.176. The molecule has 0 fully saturated rings. The second kappa shape index (κ2) is 7.80. The molecule has 3 rings (SSSR count). The van der Waals surface area contributed by atoms with Crippen molar-refractivity contribution in [3.05, 3.63) is 54.9 Å². The maximum atomic E-state index is 12.4. The van der Waals surface area contributed by atoms with Crippen LogP contribution in [-0.2, 0) is 4.79 Å². The summed E-state index contributed by atoms with van der Waals surface area (Å²) in [6, 6.07) is 14.8. The Morgan fingerprint density at radius 3 is 2.64 bits per heavy atom. The van der Waals surface area contributed by atoms with Crippen molar-refractivity contribution in [2.75, 3.05) is 11.6 Å². The van der Waals surface area contributed by atoms with Crippen molar-refractivity contribution in [2.24, 2.45) is 0 Å². The summed E-state index contributed by atoms with van der Waals surface area (Å²) >= 11 is 1.58. The summed E-state index contributed by atoms with van der Waals surface area (Å²) < 4.78 is 7.26. The van der Waals surface area contributed by atoms with Gasteiger partial charge < -0.3 is 10.1 Å². The molecule has 0 saturated heterocycles. The SMILES string of the molecule is CSc1ccccc1NC(=O)C(C)Oc1ccc(-n2cnnn2)cc1. The Hall–Kier alpha value is -2.87. The average molecular weight is 355 g/mol. The summed E-state index contributed by atoms with van der Waals surface area (Å²) in [4.78, 5) is 13.4. The predicted molar refractivity (Wildman–Crippen MR) is 96.1 cm³/mol. The zero-order chi connectivity index (χ0) is 17.6.